The first-order valence-corrected chi connectivity index (χ1v) is 8.24. The van der Waals surface area contributed by atoms with Crippen LogP contribution < -0.4 is 15.5 Å². The third kappa shape index (κ3) is 4.48. The Bertz CT molecular complexity index is 782. The van der Waals surface area contributed by atoms with Crippen LogP contribution in [0.15, 0.2) is 48.5 Å². The highest BCUT2D eigenvalue weighted by atomic mass is 35.5. The van der Waals surface area contributed by atoms with Gasteiger partial charge in [0.25, 0.3) is 0 Å². The molecule has 3 rings (SSSR count). The molecule has 0 aliphatic carbocycles. The molecule has 1 aliphatic rings. The molecule has 0 bridgehead atoms. The van der Waals surface area contributed by atoms with E-state index in [0.29, 0.717) is 23.8 Å². The van der Waals surface area contributed by atoms with Gasteiger partial charge in [-0.2, -0.15) is 0 Å². The topological polar surface area (TPSA) is 61.4 Å². The molecule has 1 fully saturated rings. The Morgan fingerprint density at radius 3 is 2.72 bits per heavy atom. The number of hydrogen-bond acceptors (Lipinski definition) is 2. The second-order valence-electron chi connectivity index (χ2n) is 5.84. The lowest BCUT2D eigenvalue weighted by Crippen LogP contribution is -2.43. The van der Waals surface area contributed by atoms with Gasteiger partial charge in [0.2, 0.25) is 5.91 Å². The lowest BCUT2D eigenvalue weighted by atomic mass is 10.2. The van der Waals surface area contributed by atoms with Crippen molar-refractivity contribution in [2.24, 2.45) is 0 Å². The number of benzene rings is 2. The van der Waals surface area contributed by atoms with Crippen molar-refractivity contribution in [3.63, 3.8) is 0 Å². The number of urea groups is 1. The Balaban J connectivity index is 1.52. The lowest BCUT2D eigenvalue weighted by molar-refractivity contribution is -0.117. The summed E-state index contributed by atoms with van der Waals surface area (Å²) in [5.41, 5.74) is 1.42. The van der Waals surface area contributed by atoms with Gasteiger partial charge in [0, 0.05) is 30.2 Å². The number of hydrogen-bond donors (Lipinski definition) is 2. The van der Waals surface area contributed by atoms with Crippen LogP contribution >= 0.6 is 11.6 Å². The summed E-state index contributed by atoms with van der Waals surface area (Å²) >= 11 is 5.82. The summed E-state index contributed by atoms with van der Waals surface area (Å²) in [6, 6.07) is 12.3. The first kappa shape index (κ1) is 17.2. The highest BCUT2D eigenvalue weighted by molar-refractivity contribution is 6.30. The van der Waals surface area contributed by atoms with E-state index in [9.17, 15) is 14.0 Å². The van der Waals surface area contributed by atoms with Crippen molar-refractivity contribution in [3.05, 3.63) is 64.9 Å². The summed E-state index contributed by atoms with van der Waals surface area (Å²) in [4.78, 5) is 25.6. The van der Waals surface area contributed by atoms with Crippen molar-refractivity contribution >= 4 is 29.2 Å². The molecule has 1 aliphatic heterocycles. The maximum Gasteiger partial charge on any atom is 0.315 e. The fourth-order valence-electron chi connectivity index (χ4n) is 2.72. The fourth-order valence-corrected chi connectivity index (χ4v) is 2.84. The number of halogens is 2. The average Bonchev–Trinajstić information content (AvgIpc) is 2.94. The summed E-state index contributed by atoms with van der Waals surface area (Å²) in [7, 11) is 0. The van der Waals surface area contributed by atoms with E-state index in [4.69, 9.17) is 11.6 Å². The van der Waals surface area contributed by atoms with E-state index in [-0.39, 0.29) is 24.4 Å². The van der Waals surface area contributed by atoms with Crippen molar-refractivity contribution in [2.45, 2.75) is 19.0 Å². The Labute approximate surface area is 149 Å². The van der Waals surface area contributed by atoms with E-state index in [2.05, 4.69) is 10.6 Å². The second kappa shape index (κ2) is 7.53. The zero-order valence-electron chi connectivity index (χ0n) is 13.3. The highest BCUT2D eigenvalue weighted by Crippen LogP contribution is 2.22. The van der Waals surface area contributed by atoms with Crippen LogP contribution in [0, 0.1) is 5.82 Å². The Morgan fingerprint density at radius 1 is 1.24 bits per heavy atom. The average molecular weight is 362 g/mol. The van der Waals surface area contributed by atoms with Gasteiger partial charge in [0.15, 0.2) is 0 Å². The summed E-state index contributed by atoms with van der Waals surface area (Å²) in [6.07, 6.45) is 0.185. The van der Waals surface area contributed by atoms with E-state index in [1.165, 1.54) is 17.0 Å². The van der Waals surface area contributed by atoms with Crippen LogP contribution in [-0.2, 0) is 11.3 Å². The van der Waals surface area contributed by atoms with Gasteiger partial charge in [-0.25, -0.2) is 9.18 Å². The number of carbonyl (C=O) groups excluding carboxylic acids is 2. The Kier molecular flexibility index (Phi) is 5.19. The van der Waals surface area contributed by atoms with E-state index in [1.54, 1.807) is 24.3 Å². The molecule has 130 valence electrons. The van der Waals surface area contributed by atoms with Gasteiger partial charge in [0.05, 0.1) is 6.04 Å². The molecule has 0 saturated carbocycles. The predicted molar refractivity (Wildman–Crippen MR) is 94.0 cm³/mol. The standard InChI is InChI=1S/C18H17ClFN3O2/c19-13-6-4-12(5-7-13)10-21-18(25)22-15-9-17(24)23(11-15)16-3-1-2-14(20)8-16/h1-8,15H,9-11H2,(H2,21,22,25). The monoisotopic (exact) mass is 361 g/mol. The van der Waals surface area contributed by atoms with Crippen LogP contribution in [0.1, 0.15) is 12.0 Å². The Morgan fingerprint density at radius 2 is 2.00 bits per heavy atom. The van der Waals surface area contributed by atoms with E-state index in [0.717, 1.165) is 5.56 Å². The van der Waals surface area contributed by atoms with Crippen LogP contribution in [0.3, 0.4) is 0 Å². The number of amides is 3. The van der Waals surface area contributed by atoms with Crippen molar-refractivity contribution in [2.75, 3.05) is 11.4 Å². The number of nitrogens with zero attached hydrogens (tertiary/aromatic N) is 1. The van der Waals surface area contributed by atoms with Gasteiger partial charge in [-0.15, -0.1) is 0 Å². The second-order valence-corrected chi connectivity index (χ2v) is 6.28. The smallest absolute Gasteiger partial charge is 0.315 e. The maximum atomic E-state index is 13.3. The van der Waals surface area contributed by atoms with Crippen LogP contribution in [-0.4, -0.2) is 24.5 Å². The molecule has 1 heterocycles. The summed E-state index contributed by atoms with van der Waals surface area (Å²) in [5, 5.41) is 6.15. The minimum Gasteiger partial charge on any atom is -0.334 e. The molecule has 2 aromatic rings. The molecule has 2 aromatic carbocycles. The Hall–Kier alpha value is -2.60. The summed E-state index contributed by atoms with van der Waals surface area (Å²) in [6.45, 7) is 0.675. The van der Waals surface area contributed by atoms with Gasteiger partial charge >= 0.3 is 6.03 Å². The summed E-state index contributed by atoms with van der Waals surface area (Å²) in [5.74, 6) is -0.545. The van der Waals surface area contributed by atoms with Gasteiger partial charge in [-0.1, -0.05) is 29.8 Å². The van der Waals surface area contributed by atoms with Gasteiger partial charge < -0.3 is 15.5 Å². The van der Waals surface area contributed by atoms with Gasteiger partial charge in [-0.3, -0.25) is 4.79 Å². The zero-order valence-corrected chi connectivity index (χ0v) is 14.1. The predicted octanol–water partition coefficient (Wildman–Crippen LogP) is 3.08. The van der Waals surface area contributed by atoms with Crippen molar-refractivity contribution in [3.8, 4) is 0 Å². The highest BCUT2D eigenvalue weighted by Gasteiger charge is 2.31. The van der Waals surface area contributed by atoms with Crippen LogP contribution in [0.25, 0.3) is 0 Å². The van der Waals surface area contributed by atoms with Gasteiger partial charge in [0.1, 0.15) is 5.82 Å². The lowest BCUT2D eigenvalue weighted by Gasteiger charge is -2.17. The number of anilines is 1. The molecule has 25 heavy (non-hydrogen) atoms. The molecular formula is C18H17ClFN3O2. The van der Waals surface area contributed by atoms with Crippen LogP contribution in [0.2, 0.25) is 5.02 Å². The molecule has 5 nitrogen and oxygen atoms in total. The molecular weight excluding hydrogens is 345 g/mol. The molecule has 0 aromatic heterocycles. The quantitative estimate of drug-likeness (QED) is 0.879. The molecule has 0 radical (unpaired) electrons. The van der Waals surface area contributed by atoms with E-state index >= 15 is 0 Å². The minimum atomic E-state index is -0.401. The van der Waals surface area contributed by atoms with E-state index < -0.39 is 5.82 Å². The van der Waals surface area contributed by atoms with Gasteiger partial charge in [-0.05, 0) is 35.9 Å². The molecule has 1 saturated heterocycles. The number of rotatable bonds is 4. The van der Waals surface area contributed by atoms with Crippen molar-refractivity contribution in [1.82, 2.24) is 10.6 Å². The first-order valence-electron chi connectivity index (χ1n) is 7.86. The molecule has 3 amide bonds. The maximum absolute atomic E-state index is 13.3. The zero-order chi connectivity index (χ0) is 17.8. The van der Waals surface area contributed by atoms with Crippen molar-refractivity contribution < 1.29 is 14.0 Å². The third-order valence-electron chi connectivity index (χ3n) is 3.95. The SMILES string of the molecule is O=C(NCc1ccc(Cl)cc1)NC1CC(=O)N(c2cccc(F)c2)C1. The molecule has 1 unspecified atom stereocenters. The third-order valence-corrected chi connectivity index (χ3v) is 4.20. The minimum absolute atomic E-state index is 0.145. The molecule has 1 atom stereocenters. The van der Waals surface area contributed by atoms with Crippen LogP contribution in [0.5, 0.6) is 0 Å². The normalized spacial score (nSPS) is 16.8. The number of carbonyl (C=O) groups is 2. The molecule has 2 N–H and O–H groups in total. The molecule has 7 heteroatoms. The first-order chi connectivity index (χ1) is 12.0. The van der Waals surface area contributed by atoms with Crippen LogP contribution in [0.4, 0.5) is 14.9 Å². The number of nitrogens with one attached hydrogen (secondary N) is 2. The largest absolute Gasteiger partial charge is 0.334 e. The van der Waals surface area contributed by atoms with E-state index in [1.807, 2.05) is 12.1 Å². The van der Waals surface area contributed by atoms with Crippen molar-refractivity contribution in [1.29, 1.82) is 0 Å². The summed E-state index contributed by atoms with van der Waals surface area (Å²) < 4.78 is 13.3. The fraction of sp³-hybridized carbons (Fsp3) is 0.222. The molecule has 0 spiro atoms.